The molecule has 1 saturated heterocycles. The van der Waals surface area contributed by atoms with Crippen molar-refractivity contribution in [1.29, 1.82) is 0 Å². The molecule has 0 amide bonds. The SMILES string of the molecule is CC(C)(C(N)=S)N1CCN(Cc2ccc(O)cc2)CC1. The van der Waals surface area contributed by atoms with Crippen LogP contribution in [0.2, 0.25) is 0 Å². The Morgan fingerprint density at radius 1 is 1.20 bits per heavy atom. The first-order valence-electron chi connectivity index (χ1n) is 6.95. The van der Waals surface area contributed by atoms with Crippen molar-refractivity contribution in [3.8, 4) is 5.75 Å². The maximum Gasteiger partial charge on any atom is 0.115 e. The molecule has 1 heterocycles. The zero-order valence-corrected chi connectivity index (χ0v) is 13.0. The zero-order chi connectivity index (χ0) is 14.8. The van der Waals surface area contributed by atoms with Gasteiger partial charge in [0.05, 0.1) is 10.5 Å². The van der Waals surface area contributed by atoms with E-state index in [4.69, 9.17) is 18.0 Å². The number of nitrogens with zero attached hydrogens (tertiary/aromatic N) is 2. The fourth-order valence-electron chi connectivity index (χ4n) is 2.48. The van der Waals surface area contributed by atoms with E-state index in [1.54, 1.807) is 12.1 Å². The summed E-state index contributed by atoms with van der Waals surface area (Å²) in [5.41, 5.74) is 6.84. The van der Waals surface area contributed by atoms with Crippen LogP contribution in [0.3, 0.4) is 0 Å². The zero-order valence-electron chi connectivity index (χ0n) is 12.2. The Hall–Kier alpha value is -1.17. The van der Waals surface area contributed by atoms with Crippen LogP contribution in [-0.4, -0.2) is 51.6 Å². The molecule has 0 aliphatic carbocycles. The molecule has 1 aliphatic rings. The van der Waals surface area contributed by atoms with Crippen LogP contribution in [-0.2, 0) is 6.54 Å². The first-order valence-corrected chi connectivity index (χ1v) is 7.35. The number of benzene rings is 1. The van der Waals surface area contributed by atoms with Crippen molar-refractivity contribution in [2.75, 3.05) is 26.2 Å². The molecule has 110 valence electrons. The third kappa shape index (κ3) is 3.48. The van der Waals surface area contributed by atoms with Gasteiger partial charge in [0.2, 0.25) is 0 Å². The molecule has 0 radical (unpaired) electrons. The van der Waals surface area contributed by atoms with E-state index in [2.05, 4.69) is 23.6 Å². The molecule has 1 aliphatic heterocycles. The second-order valence-corrected chi connectivity index (χ2v) is 6.29. The quantitative estimate of drug-likeness (QED) is 0.826. The van der Waals surface area contributed by atoms with Gasteiger partial charge in [-0.2, -0.15) is 0 Å². The highest BCUT2D eigenvalue weighted by Gasteiger charge is 2.32. The summed E-state index contributed by atoms with van der Waals surface area (Å²) in [5, 5.41) is 9.29. The Morgan fingerprint density at radius 2 is 1.75 bits per heavy atom. The molecule has 0 aromatic heterocycles. The molecule has 1 aromatic carbocycles. The van der Waals surface area contributed by atoms with Crippen molar-refractivity contribution >= 4 is 17.2 Å². The van der Waals surface area contributed by atoms with E-state index in [9.17, 15) is 5.11 Å². The monoisotopic (exact) mass is 293 g/mol. The first kappa shape index (κ1) is 15.2. The third-order valence-corrected chi connectivity index (χ3v) is 4.61. The van der Waals surface area contributed by atoms with Crippen LogP contribution >= 0.6 is 12.2 Å². The van der Waals surface area contributed by atoms with Crippen molar-refractivity contribution in [3.05, 3.63) is 29.8 Å². The van der Waals surface area contributed by atoms with Crippen LogP contribution in [0.15, 0.2) is 24.3 Å². The second-order valence-electron chi connectivity index (χ2n) is 5.85. The Morgan fingerprint density at radius 3 is 2.25 bits per heavy atom. The number of phenolic OH excluding ortho intramolecular Hbond substituents is 1. The normalized spacial score (nSPS) is 18.1. The number of aromatic hydroxyl groups is 1. The maximum absolute atomic E-state index is 9.29. The van der Waals surface area contributed by atoms with E-state index in [0.29, 0.717) is 10.7 Å². The van der Waals surface area contributed by atoms with E-state index in [1.807, 2.05) is 12.1 Å². The largest absolute Gasteiger partial charge is 0.508 e. The molecule has 2 rings (SSSR count). The highest BCUT2D eigenvalue weighted by atomic mass is 32.1. The standard InChI is InChI=1S/C15H23N3OS/c1-15(2,14(16)20)18-9-7-17(8-10-18)11-12-3-5-13(19)6-4-12/h3-6,19H,7-11H2,1-2H3,(H2,16,20). The fraction of sp³-hybridized carbons (Fsp3) is 0.533. The lowest BCUT2D eigenvalue weighted by atomic mass is 10.0. The molecular formula is C15H23N3OS. The van der Waals surface area contributed by atoms with Gasteiger partial charge in [-0.15, -0.1) is 0 Å². The average Bonchev–Trinajstić information content (AvgIpc) is 2.42. The van der Waals surface area contributed by atoms with Gasteiger partial charge in [-0.25, -0.2) is 0 Å². The van der Waals surface area contributed by atoms with Crippen molar-refractivity contribution in [3.63, 3.8) is 0 Å². The van der Waals surface area contributed by atoms with E-state index in [1.165, 1.54) is 5.56 Å². The maximum atomic E-state index is 9.29. The van der Waals surface area contributed by atoms with Gasteiger partial charge >= 0.3 is 0 Å². The topological polar surface area (TPSA) is 52.7 Å². The first-order chi connectivity index (χ1) is 9.39. The number of piperazine rings is 1. The molecule has 1 fully saturated rings. The van der Waals surface area contributed by atoms with Gasteiger partial charge < -0.3 is 10.8 Å². The Balaban J connectivity index is 1.88. The molecule has 4 nitrogen and oxygen atoms in total. The van der Waals surface area contributed by atoms with Crippen molar-refractivity contribution < 1.29 is 5.11 Å². The minimum Gasteiger partial charge on any atom is -0.508 e. The van der Waals surface area contributed by atoms with Crippen LogP contribution < -0.4 is 5.73 Å². The van der Waals surface area contributed by atoms with Crippen molar-refractivity contribution in [2.24, 2.45) is 5.73 Å². The summed E-state index contributed by atoms with van der Waals surface area (Å²) in [6.45, 7) is 9.06. The molecule has 0 atom stereocenters. The molecular weight excluding hydrogens is 270 g/mol. The van der Waals surface area contributed by atoms with E-state index in [-0.39, 0.29) is 5.54 Å². The molecule has 5 heteroatoms. The number of phenols is 1. The lowest BCUT2D eigenvalue weighted by Crippen LogP contribution is -2.59. The number of nitrogens with two attached hydrogens (primary N) is 1. The van der Waals surface area contributed by atoms with Gasteiger partial charge in [-0.05, 0) is 31.5 Å². The molecule has 0 unspecified atom stereocenters. The lowest BCUT2D eigenvalue weighted by Gasteiger charge is -2.43. The number of hydrogen-bond acceptors (Lipinski definition) is 4. The third-order valence-electron chi connectivity index (χ3n) is 4.11. The Bertz CT molecular complexity index is 465. The van der Waals surface area contributed by atoms with Gasteiger partial charge in [0, 0.05) is 32.7 Å². The van der Waals surface area contributed by atoms with Crippen LogP contribution in [0.25, 0.3) is 0 Å². The van der Waals surface area contributed by atoms with Gasteiger partial charge in [0.15, 0.2) is 0 Å². The summed E-state index contributed by atoms with van der Waals surface area (Å²) in [4.78, 5) is 5.32. The summed E-state index contributed by atoms with van der Waals surface area (Å²) in [6, 6.07) is 7.42. The Labute approximate surface area is 126 Å². The van der Waals surface area contributed by atoms with Crippen LogP contribution in [0.1, 0.15) is 19.4 Å². The smallest absolute Gasteiger partial charge is 0.115 e. The molecule has 20 heavy (non-hydrogen) atoms. The number of hydrogen-bond donors (Lipinski definition) is 2. The molecule has 0 spiro atoms. The predicted octanol–water partition coefficient (Wildman–Crippen LogP) is 1.57. The van der Waals surface area contributed by atoms with E-state index in [0.717, 1.165) is 32.7 Å². The van der Waals surface area contributed by atoms with Crippen LogP contribution in [0, 0.1) is 0 Å². The lowest BCUT2D eigenvalue weighted by molar-refractivity contribution is 0.0821. The minimum absolute atomic E-state index is 0.208. The summed E-state index contributed by atoms with van der Waals surface area (Å²) < 4.78 is 0. The van der Waals surface area contributed by atoms with Crippen LogP contribution in [0.5, 0.6) is 5.75 Å². The van der Waals surface area contributed by atoms with Gasteiger partial charge in [0.25, 0.3) is 0 Å². The van der Waals surface area contributed by atoms with E-state index >= 15 is 0 Å². The summed E-state index contributed by atoms with van der Waals surface area (Å²) in [7, 11) is 0. The van der Waals surface area contributed by atoms with E-state index < -0.39 is 0 Å². The average molecular weight is 293 g/mol. The highest BCUT2D eigenvalue weighted by Crippen LogP contribution is 2.19. The highest BCUT2D eigenvalue weighted by molar-refractivity contribution is 7.80. The number of rotatable bonds is 4. The molecule has 0 saturated carbocycles. The summed E-state index contributed by atoms with van der Waals surface area (Å²) >= 11 is 5.16. The van der Waals surface area contributed by atoms with Gasteiger partial charge in [0.1, 0.15) is 5.75 Å². The number of thiocarbonyl (C=S) groups is 1. The molecule has 3 N–H and O–H groups in total. The van der Waals surface area contributed by atoms with Crippen molar-refractivity contribution in [2.45, 2.75) is 25.9 Å². The van der Waals surface area contributed by atoms with Crippen molar-refractivity contribution in [1.82, 2.24) is 9.80 Å². The van der Waals surface area contributed by atoms with Gasteiger partial charge in [-0.1, -0.05) is 24.4 Å². The fourth-order valence-corrected chi connectivity index (χ4v) is 2.61. The predicted molar refractivity (Wildman–Crippen MR) is 85.8 cm³/mol. The Kier molecular flexibility index (Phi) is 4.62. The van der Waals surface area contributed by atoms with Gasteiger partial charge in [-0.3, -0.25) is 9.80 Å². The van der Waals surface area contributed by atoms with Crippen LogP contribution in [0.4, 0.5) is 0 Å². The summed E-state index contributed by atoms with van der Waals surface area (Å²) in [5.74, 6) is 0.316. The summed E-state index contributed by atoms with van der Waals surface area (Å²) in [6.07, 6.45) is 0. The minimum atomic E-state index is -0.208. The second kappa shape index (κ2) is 6.08. The molecule has 1 aromatic rings. The molecule has 0 bridgehead atoms.